The Morgan fingerprint density at radius 2 is 1.84 bits per heavy atom. The van der Waals surface area contributed by atoms with Crippen LogP contribution in [0.4, 0.5) is 4.79 Å². The smallest absolute Gasteiger partial charge is 0.408 e. The molecule has 1 N–H and O–H groups in total. The maximum Gasteiger partial charge on any atom is 0.408 e. The van der Waals surface area contributed by atoms with Crippen molar-refractivity contribution in [3.05, 3.63) is 0 Å². The normalized spacial score (nSPS) is 28.9. The van der Waals surface area contributed by atoms with Crippen molar-refractivity contribution < 1.29 is 19.4 Å². The maximum absolute atomic E-state index is 13.0. The van der Waals surface area contributed by atoms with E-state index in [1.165, 1.54) is 24.2 Å². The van der Waals surface area contributed by atoms with Crippen LogP contribution >= 0.6 is 0 Å². The quantitative estimate of drug-likeness (QED) is 0.831. The lowest BCUT2D eigenvalue weighted by molar-refractivity contribution is -0.135. The van der Waals surface area contributed by atoms with Gasteiger partial charge in [-0.25, -0.2) is 4.79 Å². The Balaban J connectivity index is 1.60. The fourth-order valence-corrected chi connectivity index (χ4v) is 4.21. The van der Waals surface area contributed by atoms with E-state index in [9.17, 15) is 14.7 Å². The second-order valence-electron chi connectivity index (χ2n) is 7.79. The molecule has 3 aliphatic rings. The largest absolute Gasteiger partial charge is 0.465 e. The average molecular weight is 353 g/mol. The second-order valence-corrected chi connectivity index (χ2v) is 7.79. The fraction of sp³-hybridized carbons (Fsp3) is 0.889. The zero-order chi connectivity index (χ0) is 18.0. The van der Waals surface area contributed by atoms with Crippen molar-refractivity contribution >= 4 is 12.0 Å². The van der Waals surface area contributed by atoms with Crippen LogP contribution in [-0.2, 0) is 9.53 Å². The van der Waals surface area contributed by atoms with Gasteiger partial charge in [0.05, 0.1) is 18.8 Å². The van der Waals surface area contributed by atoms with Crippen LogP contribution < -0.4 is 0 Å². The van der Waals surface area contributed by atoms with Gasteiger partial charge in [0.1, 0.15) is 6.04 Å². The maximum atomic E-state index is 13.0. The topological polar surface area (TPSA) is 73.3 Å². The van der Waals surface area contributed by atoms with E-state index in [1.807, 2.05) is 18.7 Å². The molecule has 0 aromatic heterocycles. The Kier molecular flexibility index (Phi) is 5.84. The van der Waals surface area contributed by atoms with E-state index in [1.54, 1.807) is 0 Å². The molecule has 2 heterocycles. The van der Waals surface area contributed by atoms with Crippen LogP contribution in [0.1, 0.15) is 46.0 Å². The number of carboxylic acid groups (broad SMARTS) is 1. The summed E-state index contributed by atoms with van der Waals surface area (Å²) < 4.78 is 5.77. The Labute approximate surface area is 149 Å². The summed E-state index contributed by atoms with van der Waals surface area (Å²) in [6.45, 7) is 7.53. The van der Waals surface area contributed by atoms with Gasteiger partial charge in [0.25, 0.3) is 0 Å². The van der Waals surface area contributed by atoms with E-state index < -0.39 is 12.1 Å². The molecule has 7 heteroatoms. The fourth-order valence-electron chi connectivity index (χ4n) is 4.21. The SMILES string of the molecule is CC(C)O[C@@H]1C[C@@H](C(=O)N2CCCN(C3CCC3)CC2)N(C(=O)O)C1. The van der Waals surface area contributed by atoms with Gasteiger partial charge in [0.15, 0.2) is 0 Å². The number of rotatable bonds is 4. The Morgan fingerprint density at radius 3 is 2.44 bits per heavy atom. The predicted molar refractivity (Wildman–Crippen MR) is 93.6 cm³/mol. The van der Waals surface area contributed by atoms with Crippen molar-refractivity contribution in [2.45, 2.75) is 70.2 Å². The van der Waals surface area contributed by atoms with Crippen molar-refractivity contribution in [1.82, 2.24) is 14.7 Å². The van der Waals surface area contributed by atoms with Gasteiger partial charge in [-0.3, -0.25) is 14.6 Å². The molecule has 2 saturated heterocycles. The van der Waals surface area contributed by atoms with Gasteiger partial charge in [-0.05, 0) is 33.1 Å². The highest BCUT2D eigenvalue weighted by Crippen LogP contribution is 2.27. The van der Waals surface area contributed by atoms with Crippen molar-refractivity contribution in [1.29, 1.82) is 0 Å². The van der Waals surface area contributed by atoms with Crippen LogP contribution in [0.2, 0.25) is 0 Å². The molecule has 0 radical (unpaired) electrons. The summed E-state index contributed by atoms with van der Waals surface area (Å²) in [5.41, 5.74) is 0. The van der Waals surface area contributed by atoms with E-state index in [-0.39, 0.29) is 24.7 Å². The number of likely N-dealkylation sites (tertiary alicyclic amines) is 1. The molecular weight excluding hydrogens is 322 g/mol. The van der Waals surface area contributed by atoms with Crippen LogP contribution in [0.5, 0.6) is 0 Å². The first-order valence-electron chi connectivity index (χ1n) is 9.63. The molecule has 1 aliphatic carbocycles. The number of carbonyl (C=O) groups excluding carboxylic acids is 1. The molecule has 25 heavy (non-hydrogen) atoms. The molecule has 3 rings (SSSR count). The van der Waals surface area contributed by atoms with Gasteiger partial charge in [0, 0.05) is 38.6 Å². The molecule has 7 nitrogen and oxygen atoms in total. The van der Waals surface area contributed by atoms with E-state index in [0.717, 1.165) is 26.1 Å². The molecule has 2 aliphatic heterocycles. The molecular formula is C18H31N3O4. The van der Waals surface area contributed by atoms with Gasteiger partial charge in [-0.2, -0.15) is 0 Å². The molecule has 0 aromatic rings. The molecule has 2 atom stereocenters. The first-order valence-corrected chi connectivity index (χ1v) is 9.63. The van der Waals surface area contributed by atoms with Gasteiger partial charge in [0.2, 0.25) is 5.91 Å². The van der Waals surface area contributed by atoms with Crippen molar-refractivity contribution in [2.75, 3.05) is 32.7 Å². The number of ether oxygens (including phenoxy) is 1. The van der Waals surface area contributed by atoms with Crippen molar-refractivity contribution in [2.24, 2.45) is 0 Å². The average Bonchev–Trinajstić information content (AvgIpc) is 2.76. The number of carbonyl (C=O) groups is 2. The molecule has 0 unspecified atom stereocenters. The zero-order valence-corrected chi connectivity index (χ0v) is 15.4. The number of nitrogens with zero attached hydrogens (tertiary/aromatic N) is 3. The van der Waals surface area contributed by atoms with E-state index in [0.29, 0.717) is 19.0 Å². The lowest BCUT2D eigenvalue weighted by Gasteiger charge is -2.36. The summed E-state index contributed by atoms with van der Waals surface area (Å²) in [7, 11) is 0. The second kappa shape index (κ2) is 7.91. The first kappa shape index (κ1) is 18.5. The van der Waals surface area contributed by atoms with Crippen LogP contribution in [0, 0.1) is 0 Å². The molecule has 3 fully saturated rings. The minimum Gasteiger partial charge on any atom is -0.465 e. The molecule has 0 spiro atoms. The van der Waals surface area contributed by atoms with Gasteiger partial charge < -0.3 is 14.7 Å². The van der Waals surface area contributed by atoms with Crippen LogP contribution in [0.15, 0.2) is 0 Å². The van der Waals surface area contributed by atoms with Crippen LogP contribution in [-0.4, -0.2) is 88.8 Å². The number of hydrogen-bond donors (Lipinski definition) is 1. The van der Waals surface area contributed by atoms with Gasteiger partial charge in [-0.15, -0.1) is 0 Å². The summed E-state index contributed by atoms with van der Waals surface area (Å²) in [5, 5.41) is 9.48. The first-order chi connectivity index (χ1) is 12.0. The molecule has 0 bridgehead atoms. The van der Waals surface area contributed by atoms with E-state index in [2.05, 4.69) is 4.90 Å². The van der Waals surface area contributed by atoms with Crippen molar-refractivity contribution in [3.63, 3.8) is 0 Å². The molecule has 1 saturated carbocycles. The van der Waals surface area contributed by atoms with Gasteiger partial charge >= 0.3 is 6.09 Å². The molecule has 142 valence electrons. The Morgan fingerprint density at radius 1 is 1.08 bits per heavy atom. The van der Waals surface area contributed by atoms with Crippen LogP contribution in [0.3, 0.4) is 0 Å². The minimum absolute atomic E-state index is 0.0312. The van der Waals surface area contributed by atoms with E-state index in [4.69, 9.17) is 4.74 Å². The lowest BCUT2D eigenvalue weighted by Crippen LogP contribution is -2.49. The van der Waals surface area contributed by atoms with E-state index >= 15 is 0 Å². The van der Waals surface area contributed by atoms with Crippen LogP contribution in [0.25, 0.3) is 0 Å². The minimum atomic E-state index is -1.03. The number of amides is 2. The summed E-state index contributed by atoms with van der Waals surface area (Å²) in [4.78, 5) is 30.2. The highest BCUT2D eigenvalue weighted by Gasteiger charge is 2.42. The predicted octanol–water partition coefficient (Wildman–Crippen LogP) is 1.62. The summed E-state index contributed by atoms with van der Waals surface area (Å²) in [5.74, 6) is -0.0484. The summed E-state index contributed by atoms with van der Waals surface area (Å²) in [6.07, 6.45) is 4.11. The summed E-state index contributed by atoms with van der Waals surface area (Å²) >= 11 is 0. The third-order valence-corrected chi connectivity index (χ3v) is 5.69. The highest BCUT2D eigenvalue weighted by molar-refractivity contribution is 5.86. The summed E-state index contributed by atoms with van der Waals surface area (Å²) in [6, 6.07) is 0.0948. The monoisotopic (exact) mass is 353 g/mol. The third-order valence-electron chi connectivity index (χ3n) is 5.69. The Hall–Kier alpha value is -1.34. The third kappa shape index (κ3) is 4.26. The zero-order valence-electron chi connectivity index (χ0n) is 15.4. The molecule has 0 aromatic carbocycles. The number of hydrogen-bond acceptors (Lipinski definition) is 4. The highest BCUT2D eigenvalue weighted by atomic mass is 16.5. The van der Waals surface area contributed by atoms with Crippen molar-refractivity contribution in [3.8, 4) is 0 Å². The van der Waals surface area contributed by atoms with Gasteiger partial charge in [-0.1, -0.05) is 6.42 Å². The standard InChI is InChI=1S/C18H31N3O4/c1-13(2)25-15-11-16(21(12-15)18(23)24)17(22)20-8-4-7-19(9-10-20)14-5-3-6-14/h13-16H,3-12H2,1-2H3,(H,23,24)/t15-,16+/m1/s1. The lowest BCUT2D eigenvalue weighted by atomic mass is 9.91. The molecule has 2 amide bonds. The Bertz CT molecular complexity index is 495.